The third-order valence-electron chi connectivity index (χ3n) is 3.23. The Hall–Kier alpha value is -2.61. The molecule has 0 spiro atoms. The second-order valence-corrected chi connectivity index (χ2v) is 4.88. The van der Waals surface area contributed by atoms with E-state index in [1.54, 1.807) is 25.3 Å². The summed E-state index contributed by atoms with van der Waals surface area (Å²) in [4.78, 5) is 22.2. The van der Waals surface area contributed by atoms with E-state index in [2.05, 4.69) is 15.0 Å². The van der Waals surface area contributed by atoms with Gasteiger partial charge in [0, 0.05) is 6.07 Å². The Kier molecular flexibility index (Phi) is 3.68. The number of benzene rings is 1. The number of aromatic nitrogens is 4. The molecule has 2 aromatic heterocycles. The molecule has 0 atom stereocenters. The SMILES string of the molecule is COc1ccc2nc(-c3ncc([N+](=O)[O-])n3CCCl)[nH]c2c1. The third kappa shape index (κ3) is 2.37. The maximum Gasteiger partial charge on any atom is 0.343 e. The molecular weight excluding hydrogens is 310 g/mol. The molecular formula is C13H12ClN5O3. The Bertz CT molecular complexity index is 841. The number of fused-ring (bicyclic) bond motifs is 1. The average molecular weight is 322 g/mol. The Morgan fingerprint density at radius 1 is 1.50 bits per heavy atom. The molecule has 1 N–H and O–H groups in total. The highest BCUT2D eigenvalue weighted by molar-refractivity contribution is 6.17. The van der Waals surface area contributed by atoms with Crippen LogP contribution in [0.25, 0.3) is 22.7 Å². The van der Waals surface area contributed by atoms with Gasteiger partial charge in [-0.25, -0.2) is 14.5 Å². The van der Waals surface area contributed by atoms with E-state index in [0.29, 0.717) is 17.4 Å². The van der Waals surface area contributed by atoms with Crippen LogP contribution in [0.15, 0.2) is 24.4 Å². The summed E-state index contributed by atoms with van der Waals surface area (Å²) in [5.41, 5.74) is 1.48. The number of ether oxygens (including phenoxy) is 1. The van der Waals surface area contributed by atoms with E-state index in [-0.39, 0.29) is 18.2 Å². The zero-order valence-corrected chi connectivity index (χ0v) is 12.4. The van der Waals surface area contributed by atoms with Crippen LogP contribution >= 0.6 is 11.6 Å². The maximum absolute atomic E-state index is 11.1. The lowest BCUT2D eigenvalue weighted by molar-refractivity contribution is -0.392. The van der Waals surface area contributed by atoms with Crippen LogP contribution in [0.1, 0.15) is 0 Å². The van der Waals surface area contributed by atoms with Crippen LogP contribution in [0.5, 0.6) is 5.75 Å². The lowest BCUT2D eigenvalue weighted by atomic mass is 10.3. The molecule has 0 saturated carbocycles. The van der Waals surface area contributed by atoms with Crippen molar-refractivity contribution < 1.29 is 9.66 Å². The van der Waals surface area contributed by atoms with Crippen molar-refractivity contribution in [2.75, 3.05) is 13.0 Å². The third-order valence-corrected chi connectivity index (χ3v) is 3.40. The molecule has 0 saturated heterocycles. The van der Waals surface area contributed by atoms with Crippen LogP contribution in [0, 0.1) is 10.1 Å². The first-order valence-corrected chi connectivity index (χ1v) is 6.97. The molecule has 0 amide bonds. The van der Waals surface area contributed by atoms with Gasteiger partial charge in [0.05, 0.1) is 24.0 Å². The number of imidazole rings is 2. The largest absolute Gasteiger partial charge is 0.497 e. The lowest BCUT2D eigenvalue weighted by Gasteiger charge is -2.00. The molecule has 9 heteroatoms. The molecule has 3 aromatic rings. The monoisotopic (exact) mass is 321 g/mol. The van der Waals surface area contributed by atoms with Gasteiger partial charge in [-0.1, -0.05) is 0 Å². The number of aromatic amines is 1. The second kappa shape index (κ2) is 5.64. The standard InChI is InChI=1S/C13H12ClN5O3/c1-22-8-2-3-9-10(6-8)17-12(16-9)13-15-7-11(19(20)21)18(13)5-4-14/h2-3,6-7H,4-5H2,1H3,(H,16,17). The first-order valence-electron chi connectivity index (χ1n) is 6.44. The highest BCUT2D eigenvalue weighted by Gasteiger charge is 2.23. The predicted molar refractivity (Wildman–Crippen MR) is 81.2 cm³/mol. The number of H-pyrrole nitrogens is 1. The highest BCUT2D eigenvalue weighted by atomic mass is 35.5. The Morgan fingerprint density at radius 3 is 3.00 bits per heavy atom. The van der Waals surface area contributed by atoms with Gasteiger partial charge in [-0.15, -0.1) is 11.6 Å². The number of hydrogen-bond acceptors (Lipinski definition) is 5. The molecule has 0 aliphatic carbocycles. The molecule has 0 aliphatic rings. The summed E-state index contributed by atoms with van der Waals surface area (Å²) in [6, 6.07) is 5.40. The molecule has 0 aliphatic heterocycles. The molecule has 1 aromatic carbocycles. The zero-order valence-electron chi connectivity index (χ0n) is 11.6. The summed E-state index contributed by atoms with van der Waals surface area (Å²) in [6.07, 6.45) is 1.20. The summed E-state index contributed by atoms with van der Waals surface area (Å²) in [7, 11) is 1.58. The van der Waals surface area contributed by atoms with Crippen molar-refractivity contribution in [2.45, 2.75) is 6.54 Å². The maximum atomic E-state index is 11.1. The van der Waals surface area contributed by atoms with Gasteiger partial charge in [0.2, 0.25) is 0 Å². The van der Waals surface area contributed by atoms with Crippen molar-refractivity contribution in [2.24, 2.45) is 0 Å². The van der Waals surface area contributed by atoms with Crippen LogP contribution in [-0.2, 0) is 6.54 Å². The predicted octanol–water partition coefficient (Wildman–Crippen LogP) is 2.58. The van der Waals surface area contributed by atoms with E-state index in [4.69, 9.17) is 16.3 Å². The number of nitrogens with one attached hydrogen (secondary N) is 1. The number of alkyl halides is 1. The molecule has 3 rings (SSSR count). The zero-order chi connectivity index (χ0) is 15.7. The summed E-state index contributed by atoms with van der Waals surface area (Å²) >= 11 is 5.73. The van der Waals surface area contributed by atoms with Crippen LogP contribution in [0.2, 0.25) is 0 Å². The molecule has 22 heavy (non-hydrogen) atoms. The van der Waals surface area contributed by atoms with Gasteiger partial charge < -0.3 is 19.8 Å². The van der Waals surface area contributed by atoms with Crippen molar-refractivity contribution >= 4 is 28.5 Å². The minimum atomic E-state index is -0.491. The number of halogens is 1. The van der Waals surface area contributed by atoms with Gasteiger partial charge in [-0.05, 0) is 17.1 Å². The lowest BCUT2D eigenvalue weighted by Crippen LogP contribution is -2.06. The number of nitrogens with zero attached hydrogens (tertiary/aromatic N) is 4. The summed E-state index contributed by atoms with van der Waals surface area (Å²) < 4.78 is 6.59. The highest BCUT2D eigenvalue weighted by Crippen LogP contribution is 2.26. The summed E-state index contributed by atoms with van der Waals surface area (Å²) in [5, 5.41) is 11.1. The number of nitro groups is 1. The second-order valence-electron chi connectivity index (χ2n) is 4.51. The quantitative estimate of drug-likeness (QED) is 0.442. The fraction of sp³-hybridized carbons (Fsp3) is 0.231. The Morgan fingerprint density at radius 2 is 2.32 bits per heavy atom. The van der Waals surface area contributed by atoms with Gasteiger partial charge in [0.25, 0.3) is 5.82 Å². The fourth-order valence-electron chi connectivity index (χ4n) is 2.23. The van der Waals surface area contributed by atoms with Gasteiger partial charge in [-0.3, -0.25) is 0 Å². The van der Waals surface area contributed by atoms with Crippen LogP contribution in [0.4, 0.5) is 5.82 Å². The first kappa shape index (κ1) is 14.3. The topological polar surface area (TPSA) is 98.9 Å². The van der Waals surface area contributed by atoms with E-state index in [1.807, 2.05) is 0 Å². The van der Waals surface area contributed by atoms with E-state index in [1.165, 1.54) is 10.8 Å². The number of methoxy groups -OCH3 is 1. The summed E-state index contributed by atoms with van der Waals surface area (Å²) in [5.74, 6) is 1.63. The van der Waals surface area contributed by atoms with E-state index >= 15 is 0 Å². The Labute approximate surface area is 129 Å². The molecule has 0 radical (unpaired) electrons. The van der Waals surface area contributed by atoms with E-state index in [0.717, 1.165) is 11.0 Å². The Balaban J connectivity index is 2.12. The van der Waals surface area contributed by atoms with Crippen molar-refractivity contribution in [1.82, 2.24) is 19.5 Å². The fourth-order valence-corrected chi connectivity index (χ4v) is 2.40. The molecule has 2 heterocycles. The van der Waals surface area contributed by atoms with E-state index < -0.39 is 4.92 Å². The smallest absolute Gasteiger partial charge is 0.343 e. The molecule has 0 fully saturated rings. The van der Waals surface area contributed by atoms with Crippen LogP contribution in [-0.4, -0.2) is 37.4 Å². The van der Waals surface area contributed by atoms with Gasteiger partial charge in [0.1, 0.15) is 18.5 Å². The average Bonchev–Trinajstić information content (AvgIpc) is 3.09. The van der Waals surface area contributed by atoms with Crippen LogP contribution < -0.4 is 4.74 Å². The van der Waals surface area contributed by atoms with Gasteiger partial charge in [0.15, 0.2) is 5.82 Å². The number of rotatable bonds is 5. The van der Waals surface area contributed by atoms with E-state index in [9.17, 15) is 10.1 Å². The van der Waals surface area contributed by atoms with Crippen molar-refractivity contribution in [3.8, 4) is 17.4 Å². The van der Waals surface area contributed by atoms with Crippen molar-refractivity contribution in [1.29, 1.82) is 0 Å². The minimum absolute atomic E-state index is 0.117. The molecule has 0 bridgehead atoms. The molecule has 114 valence electrons. The van der Waals surface area contributed by atoms with Gasteiger partial charge in [-0.2, -0.15) is 0 Å². The molecule has 8 nitrogen and oxygen atoms in total. The van der Waals surface area contributed by atoms with Crippen molar-refractivity contribution in [3.63, 3.8) is 0 Å². The van der Waals surface area contributed by atoms with Gasteiger partial charge >= 0.3 is 5.82 Å². The summed E-state index contributed by atoms with van der Waals surface area (Å²) in [6.45, 7) is 0.271. The first-order chi connectivity index (χ1) is 10.6. The van der Waals surface area contributed by atoms with Crippen LogP contribution in [0.3, 0.4) is 0 Å². The minimum Gasteiger partial charge on any atom is -0.497 e. The molecule has 0 unspecified atom stereocenters. The van der Waals surface area contributed by atoms with Crippen molar-refractivity contribution in [3.05, 3.63) is 34.5 Å². The normalized spacial score (nSPS) is 11.0. The number of hydrogen-bond donors (Lipinski definition) is 1.